The molecule has 1 aromatic carbocycles. The molecule has 0 aliphatic heterocycles. The molecule has 0 aliphatic rings. The second kappa shape index (κ2) is 9.14. The fourth-order valence-electron chi connectivity index (χ4n) is 2.97. The van der Waals surface area contributed by atoms with E-state index in [2.05, 4.69) is 4.99 Å². The molecule has 2 aromatic heterocycles. The third-order valence-corrected chi connectivity index (χ3v) is 6.12. The van der Waals surface area contributed by atoms with E-state index in [1.807, 2.05) is 26.0 Å². The minimum absolute atomic E-state index is 0.00154. The smallest absolute Gasteiger partial charge is 0.326 e. The Morgan fingerprint density at radius 1 is 1.27 bits per heavy atom. The first kappa shape index (κ1) is 21.6. The van der Waals surface area contributed by atoms with Gasteiger partial charge in [0.15, 0.2) is 4.80 Å². The number of esters is 1. The van der Waals surface area contributed by atoms with Crippen molar-refractivity contribution < 1.29 is 19.2 Å². The van der Waals surface area contributed by atoms with Gasteiger partial charge in [-0.1, -0.05) is 28.7 Å². The highest BCUT2D eigenvalue weighted by Crippen LogP contribution is 2.25. The van der Waals surface area contributed by atoms with Gasteiger partial charge in [0.2, 0.25) is 0 Å². The summed E-state index contributed by atoms with van der Waals surface area (Å²) in [4.78, 5) is 39.9. The number of carbonyl (C=O) groups is 2. The average molecular weight is 446 g/mol. The highest BCUT2D eigenvalue weighted by atomic mass is 32.1. The predicted molar refractivity (Wildman–Crippen MR) is 116 cm³/mol. The third kappa shape index (κ3) is 4.89. The maximum absolute atomic E-state index is 12.4. The summed E-state index contributed by atoms with van der Waals surface area (Å²) in [7, 11) is 0. The van der Waals surface area contributed by atoms with E-state index >= 15 is 0 Å². The Balaban J connectivity index is 1.99. The summed E-state index contributed by atoms with van der Waals surface area (Å²) in [6.07, 6.45) is 2.74. The number of aromatic nitrogens is 1. The summed E-state index contributed by atoms with van der Waals surface area (Å²) in [6.45, 7) is 5.87. The fourth-order valence-corrected chi connectivity index (χ4v) is 4.91. The lowest BCUT2D eigenvalue weighted by Gasteiger charge is -2.07. The maximum Gasteiger partial charge on any atom is 0.326 e. The summed E-state index contributed by atoms with van der Waals surface area (Å²) >= 11 is 2.29. The monoisotopic (exact) mass is 445 g/mol. The Morgan fingerprint density at radius 2 is 2.03 bits per heavy atom. The number of benzene rings is 1. The molecule has 0 N–H and O–H groups in total. The molecule has 0 radical (unpaired) electrons. The van der Waals surface area contributed by atoms with Gasteiger partial charge in [-0.25, -0.2) is 0 Å². The quantitative estimate of drug-likeness (QED) is 0.247. The van der Waals surface area contributed by atoms with Crippen LogP contribution in [-0.2, 0) is 20.9 Å². The van der Waals surface area contributed by atoms with Gasteiger partial charge in [0.05, 0.1) is 21.7 Å². The van der Waals surface area contributed by atoms with Crippen LogP contribution >= 0.6 is 22.7 Å². The standard InChI is InChI=1S/C20H19N3O5S2/c1-4-28-18(25)11-22-19-13(3)9-12(2)10-15(19)30-20(22)21-16(24)7-5-14-6-8-17(29-14)23(26)27/h5-10H,4,11H2,1-3H3. The molecule has 0 saturated heterocycles. The van der Waals surface area contributed by atoms with Crippen molar-refractivity contribution in [3.63, 3.8) is 0 Å². The third-order valence-electron chi connectivity index (χ3n) is 4.09. The molecule has 2 heterocycles. The van der Waals surface area contributed by atoms with E-state index in [1.165, 1.54) is 29.6 Å². The van der Waals surface area contributed by atoms with Gasteiger partial charge in [-0.2, -0.15) is 4.99 Å². The van der Waals surface area contributed by atoms with Crippen LogP contribution in [0.4, 0.5) is 5.00 Å². The molecule has 0 fully saturated rings. The molecule has 1 amide bonds. The van der Waals surface area contributed by atoms with Gasteiger partial charge >= 0.3 is 11.0 Å². The van der Waals surface area contributed by atoms with Crippen LogP contribution in [0.2, 0.25) is 0 Å². The van der Waals surface area contributed by atoms with E-state index in [1.54, 1.807) is 17.6 Å². The second-order valence-electron chi connectivity index (χ2n) is 6.42. The Labute approximate surface area is 179 Å². The maximum atomic E-state index is 12.4. The van der Waals surface area contributed by atoms with Crippen molar-refractivity contribution in [3.05, 3.63) is 61.3 Å². The molecule has 0 aliphatic carbocycles. The lowest BCUT2D eigenvalue weighted by atomic mass is 10.1. The molecule has 3 aromatic rings. The van der Waals surface area contributed by atoms with Crippen LogP contribution in [0.25, 0.3) is 16.3 Å². The molecule has 156 valence electrons. The lowest BCUT2D eigenvalue weighted by Crippen LogP contribution is -2.23. The number of fused-ring (bicyclic) bond motifs is 1. The van der Waals surface area contributed by atoms with Crippen molar-refractivity contribution in [1.29, 1.82) is 0 Å². The molecule has 0 unspecified atom stereocenters. The Hall–Kier alpha value is -3.11. The van der Waals surface area contributed by atoms with Gasteiger partial charge in [0, 0.05) is 17.0 Å². The largest absolute Gasteiger partial charge is 0.465 e. The molecule has 0 atom stereocenters. The van der Waals surface area contributed by atoms with Crippen LogP contribution in [0, 0.1) is 24.0 Å². The van der Waals surface area contributed by atoms with Gasteiger partial charge < -0.3 is 9.30 Å². The average Bonchev–Trinajstić information content (AvgIpc) is 3.26. The summed E-state index contributed by atoms with van der Waals surface area (Å²) in [5.74, 6) is -0.933. The van der Waals surface area contributed by atoms with Crippen molar-refractivity contribution in [2.45, 2.75) is 27.3 Å². The molecule has 0 saturated carbocycles. The van der Waals surface area contributed by atoms with Crippen molar-refractivity contribution in [3.8, 4) is 0 Å². The zero-order valence-electron chi connectivity index (χ0n) is 16.6. The van der Waals surface area contributed by atoms with Gasteiger partial charge in [0.25, 0.3) is 5.91 Å². The number of thiophene rings is 1. The Morgan fingerprint density at radius 3 is 2.70 bits per heavy atom. The minimum atomic E-state index is -0.524. The van der Waals surface area contributed by atoms with E-state index in [0.717, 1.165) is 32.7 Å². The minimum Gasteiger partial charge on any atom is -0.465 e. The Kier molecular flexibility index (Phi) is 6.58. The SMILES string of the molecule is CCOC(=O)Cn1c(=NC(=O)C=Cc2ccc([N+](=O)[O-])s2)sc2cc(C)cc(C)c21. The molecule has 8 nitrogen and oxygen atoms in total. The van der Waals surface area contributed by atoms with Crippen molar-refractivity contribution in [2.75, 3.05) is 6.61 Å². The first-order valence-electron chi connectivity index (χ1n) is 9.05. The van der Waals surface area contributed by atoms with Crippen LogP contribution < -0.4 is 4.80 Å². The van der Waals surface area contributed by atoms with Crippen LogP contribution in [-0.4, -0.2) is 28.0 Å². The highest BCUT2D eigenvalue weighted by molar-refractivity contribution is 7.16. The number of nitrogens with zero attached hydrogens (tertiary/aromatic N) is 3. The normalized spacial score (nSPS) is 12.0. The lowest BCUT2D eigenvalue weighted by molar-refractivity contribution is -0.380. The number of ether oxygens (including phenoxy) is 1. The number of amides is 1. The molecular weight excluding hydrogens is 426 g/mol. The van der Waals surface area contributed by atoms with Crippen LogP contribution in [0.15, 0.2) is 35.3 Å². The van der Waals surface area contributed by atoms with Crippen molar-refractivity contribution >= 4 is 55.8 Å². The molecule has 30 heavy (non-hydrogen) atoms. The predicted octanol–water partition coefficient (Wildman–Crippen LogP) is 3.99. The summed E-state index contributed by atoms with van der Waals surface area (Å²) in [6, 6.07) is 6.94. The van der Waals surface area contributed by atoms with E-state index in [4.69, 9.17) is 4.74 Å². The number of carbonyl (C=O) groups excluding carboxylic acids is 2. The molecular formula is C20H19N3O5S2. The zero-order valence-corrected chi connectivity index (χ0v) is 18.2. The van der Waals surface area contributed by atoms with Gasteiger partial charge in [-0.15, -0.1) is 0 Å². The summed E-state index contributed by atoms with van der Waals surface area (Å²) in [5.41, 5.74) is 2.88. The second-order valence-corrected chi connectivity index (χ2v) is 8.52. The zero-order chi connectivity index (χ0) is 21.8. The molecule has 0 bridgehead atoms. The first-order chi connectivity index (χ1) is 14.3. The number of hydrogen-bond donors (Lipinski definition) is 0. The van der Waals surface area contributed by atoms with Crippen LogP contribution in [0.1, 0.15) is 22.9 Å². The van der Waals surface area contributed by atoms with E-state index in [0.29, 0.717) is 9.68 Å². The number of hydrogen-bond acceptors (Lipinski definition) is 7. The molecule has 10 heteroatoms. The number of aryl methyl sites for hydroxylation is 2. The van der Waals surface area contributed by atoms with E-state index in [9.17, 15) is 19.7 Å². The van der Waals surface area contributed by atoms with Crippen molar-refractivity contribution in [2.24, 2.45) is 4.99 Å². The Bertz CT molecular complexity index is 1230. The van der Waals surface area contributed by atoms with Gasteiger partial charge in [0.1, 0.15) is 6.54 Å². The van der Waals surface area contributed by atoms with E-state index < -0.39 is 16.8 Å². The molecule has 0 spiro atoms. The summed E-state index contributed by atoms with van der Waals surface area (Å²) in [5, 5.41) is 10.8. The topological polar surface area (TPSA) is 104 Å². The number of rotatable bonds is 6. The highest BCUT2D eigenvalue weighted by Gasteiger charge is 2.14. The van der Waals surface area contributed by atoms with Gasteiger partial charge in [-0.05, 0) is 50.1 Å². The van der Waals surface area contributed by atoms with E-state index in [-0.39, 0.29) is 18.2 Å². The van der Waals surface area contributed by atoms with Crippen LogP contribution in [0.5, 0.6) is 0 Å². The fraction of sp³-hybridized carbons (Fsp3) is 0.250. The number of thiazole rings is 1. The summed E-state index contributed by atoms with van der Waals surface area (Å²) < 4.78 is 7.67. The first-order valence-corrected chi connectivity index (χ1v) is 10.7. The van der Waals surface area contributed by atoms with Crippen LogP contribution in [0.3, 0.4) is 0 Å². The molecule has 3 rings (SSSR count). The van der Waals surface area contributed by atoms with Gasteiger partial charge in [-0.3, -0.25) is 19.7 Å². The van der Waals surface area contributed by atoms with Crippen molar-refractivity contribution in [1.82, 2.24) is 4.57 Å². The number of nitro groups is 1.